The predicted molar refractivity (Wildman–Crippen MR) is 47.2 cm³/mol. The van der Waals surface area contributed by atoms with Gasteiger partial charge in [0.1, 0.15) is 6.33 Å². The van der Waals surface area contributed by atoms with Gasteiger partial charge in [-0.15, -0.1) is 0 Å². The summed E-state index contributed by atoms with van der Waals surface area (Å²) in [4.78, 5) is 7.91. The molecular weight excluding hydrogens is 241 g/mol. The molecule has 1 aromatic rings. The minimum atomic E-state index is -0.120. The monoisotopic (exact) mass is 245 g/mol. The third-order valence-corrected chi connectivity index (χ3v) is 2.56. The second-order valence-electron chi connectivity index (χ2n) is 1.78. The predicted octanol–water partition coefficient (Wildman–Crippen LogP) is 2.25. The fraction of sp³-hybridized carbons (Fsp3) is 0. The summed E-state index contributed by atoms with van der Waals surface area (Å²) in [5.41, 5.74) is 1.04. The molecule has 1 aliphatic heterocycles. The molecule has 1 aromatic heterocycles. The molecule has 0 bridgehead atoms. The van der Waals surface area contributed by atoms with Crippen molar-refractivity contribution in [2.45, 2.75) is 0 Å². The molecule has 0 N–H and O–H groups in total. The smallest absolute Gasteiger partial charge is 0.168 e. The van der Waals surface area contributed by atoms with E-state index in [2.05, 4.69) is 17.2 Å². The van der Waals surface area contributed by atoms with E-state index in [0.29, 0.717) is 0 Å². The highest BCUT2D eigenvalue weighted by molar-refractivity contribution is 14.2. The van der Waals surface area contributed by atoms with Gasteiger partial charge in [0.2, 0.25) is 0 Å². The molecule has 0 atom stereocenters. The van der Waals surface area contributed by atoms with Crippen LogP contribution in [0.4, 0.5) is 5.82 Å². The highest BCUT2D eigenvalue weighted by atomic mass is 127. The topological polar surface area (TPSA) is 38.1 Å². The molecule has 0 aliphatic carbocycles. The molecule has 0 aromatic carbocycles. The first-order valence-electron chi connectivity index (χ1n) is 2.77. The van der Waals surface area contributed by atoms with E-state index in [9.17, 15) is 0 Å². The van der Waals surface area contributed by atoms with Crippen LogP contribution in [0.25, 0.3) is 6.08 Å². The van der Waals surface area contributed by atoms with Crippen LogP contribution in [0.15, 0.2) is 19.8 Å². The van der Waals surface area contributed by atoms with Crippen molar-refractivity contribution in [2.24, 2.45) is 3.15 Å². The van der Waals surface area contributed by atoms with Crippen molar-refractivity contribution in [3.8, 4) is 0 Å². The highest BCUT2D eigenvalue weighted by Crippen LogP contribution is 2.26. The molecular formula is C6H4IN3. The average Bonchev–Trinajstić information content (AvgIpc) is 2.05. The van der Waals surface area contributed by atoms with Crippen molar-refractivity contribution in [1.29, 1.82) is 0 Å². The van der Waals surface area contributed by atoms with Gasteiger partial charge in [0.05, 0.1) is 0 Å². The van der Waals surface area contributed by atoms with Gasteiger partial charge >= 0.3 is 0 Å². The summed E-state index contributed by atoms with van der Waals surface area (Å²) in [7, 11) is 0. The Bertz CT molecular complexity index is 275. The van der Waals surface area contributed by atoms with Crippen LogP contribution in [0.2, 0.25) is 0 Å². The lowest BCUT2D eigenvalue weighted by atomic mass is 10.3. The number of fused-ring (bicyclic) bond motifs is 1. The Morgan fingerprint density at radius 1 is 1.40 bits per heavy atom. The first kappa shape index (κ1) is 6.09. The fourth-order valence-corrected chi connectivity index (χ4v) is 2.07. The Kier molecular flexibility index (Phi) is 1.54. The third kappa shape index (κ3) is 0.985. The van der Waals surface area contributed by atoms with Crippen LogP contribution in [0.3, 0.4) is 0 Å². The minimum Gasteiger partial charge on any atom is -0.244 e. The van der Waals surface area contributed by atoms with Crippen molar-refractivity contribution in [2.75, 3.05) is 0 Å². The molecule has 0 saturated heterocycles. The third-order valence-electron chi connectivity index (χ3n) is 1.15. The van der Waals surface area contributed by atoms with Crippen LogP contribution in [-0.4, -0.2) is 9.97 Å². The second kappa shape index (κ2) is 2.53. The van der Waals surface area contributed by atoms with E-state index in [1.165, 1.54) is 6.33 Å². The van der Waals surface area contributed by atoms with Crippen molar-refractivity contribution in [3.63, 3.8) is 0 Å². The first-order valence-corrected chi connectivity index (χ1v) is 4.98. The molecule has 0 saturated carbocycles. The number of halogens is 1. The molecule has 3 nitrogen and oxygen atoms in total. The van der Waals surface area contributed by atoms with Crippen LogP contribution in [0.5, 0.6) is 0 Å². The van der Waals surface area contributed by atoms with E-state index in [-0.39, 0.29) is 21.0 Å². The number of rotatable bonds is 0. The normalized spacial score (nSPS) is 14.0. The molecule has 4 heteroatoms. The molecule has 0 spiro atoms. The van der Waals surface area contributed by atoms with Crippen LogP contribution in [0.1, 0.15) is 5.56 Å². The lowest BCUT2D eigenvalue weighted by molar-refractivity contribution is 1.15. The number of nitrogens with zero attached hydrogens (tertiary/aromatic N) is 3. The van der Waals surface area contributed by atoms with Gasteiger partial charge in [-0.05, 0) is 10.2 Å². The Balaban J connectivity index is 2.65. The van der Waals surface area contributed by atoms with Gasteiger partial charge in [0.25, 0.3) is 0 Å². The van der Waals surface area contributed by atoms with E-state index >= 15 is 0 Å². The Labute approximate surface area is 68.4 Å². The minimum absolute atomic E-state index is 0.120. The summed E-state index contributed by atoms with van der Waals surface area (Å²) in [6.07, 6.45) is 5.35. The zero-order valence-corrected chi connectivity index (χ0v) is 7.19. The SMILES string of the molecule is C1=Cc2cncnc2N=I1. The van der Waals surface area contributed by atoms with Gasteiger partial charge in [-0.25, -0.2) is 13.1 Å². The molecule has 1 aliphatic rings. The maximum absolute atomic E-state index is 4.27. The molecule has 0 unspecified atom stereocenters. The van der Waals surface area contributed by atoms with Gasteiger partial charge in [0.15, 0.2) is 5.82 Å². The largest absolute Gasteiger partial charge is 0.244 e. The zero-order chi connectivity index (χ0) is 6.81. The van der Waals surface area contributed by atoms with Crippen LogP contribution in [0, 0.1) is 0 Å². The fourth-order valence-electron chi connectivity index (χ4n) is 0.693. The lowest BCUT2D eigenvalue weighted by Crippen LogP contribution is -1.81. The number of hydrogen-bond donors (Lipinski definition) is 0. The molecule has 2 heterocycles. The van der Waals surface area contributed by atoms with Gasteiger partial charge in [-0.1, -0.05) is 0 Å². The average molecular weight is 245 g/mol. The van der Waals surface area contributed by atoms with E-state index in [0.717, 1.165) is 11.4 Å². The molecule has 0 amide bonds. The molecule has 50 valence electrons. The molecule has 2 rings (SSSR count). The summed E-state index contributed by atoms with van der Waals surface area (Å²) >= 11 is -0.120. The van der Waals surface area contributed by atoms with Crippen molar-refractivity contribution in [1.82, 2.24) is 9.97 Å². The van der Waals surface area contributed by atoms with E-state index in [1.807, 2.05) is 6.08 Å². The zero-order valence-electron chi connectivity index (χ0n) is 5.03. The molecule has 10 heavy (non-hydrogen) atoms. The van der Waals surface area contributed by atoms with Crippen molar-refractivity contribution in [3.05, 3.63) is 22.2 Å². The molecule has 0 radical (unpaired) electrons. The van der Waals surface area contributed by atoms with Gasteiger partial charge in [-0.2, -0.15) is 0 Å². The Morgan fingerprint density at radius 2 is 2.40 bits per heavy atom. The standard InChI is InChI=1S/C6H4IN3/c1-2-7-10-6-5(1)3-8-4-9-6/h1-4H. The van der Waals surface area contributed by atoms with Crippen LogP contribution >= 0.6 is 21.0 Å². The maximum Gasteiger partial charge on any atom is 0.168 e. The summed E-state index contributed by atoms with van der Waals surface area (Å²) in [5, 5.41) is 0. The van der Waals surface area contributed by atoms with Crippen LogP contribution < -0.4 is 0 Å². The Hall–Kier alpha value is -0.650. The van der Waals surface area contributed by atoms with E-state index < -0.39 is 0 Å². The van der Waals surface area contributed by atoms with Gasteiger partial charge in [-0.3, -0.25) is 0 Å². The summed E-state index contributed by atoms with van der Waals surface area (Å²) in [6, 6.07) is 0. The van der Waals surface area contributed by atoms with Gasteiger partial charge in [0, 0.05) is 32.8 Å². The summed E-state index contributed by atoms with van der Waals surface area (Å²) in [5.74, 6) is 0.852. The van der Waals surface area contributed by atoms with Crippen molar-refractivity contribution < 1.29 is 0 Å². The highest BCUT2D eigenvalue weighted by Gasteiger charge is 1.99. The van der Waals surface area contributed by atoms with E-state index in [1.54, 1.807) is 6.20 Å². The second-order valence-corrected chi connectivity index (χ2v) is 3.54. The lowest BCUT2D eigenvalue weighted by Gasteiger charge is -1.98. The summed E-state index contributed by atoms with van der Waals surface area (Å²) < 4.78 is 6.37. The number of hydrogen-bond acceptors (Lipinski definition) is 3. The van der Waals surface area contributed by atoms with Crippen LogP contribution in [-0.2, 0) is 0 Å². The summed E-state index contributed by atoms with van der Waals surface area (Å²) in [6.45, 7) is 0. The Morgan fingerprint density at radius 3 is 3.30 bits per heavy atom. The van der Waals surface area contributed by atoms with Crippen molar-refractivity contribution >= 4 is 32.9 Å². The maximum atomic E-state index is 4.27. The first-order chi connectivity index (χ1) is 4.97. The van der Waals surface area contributed by atoms with E-state index in [4.69, 9.17) is 0 Å². The van der Waals surface area contributed by atoms with Gasteiger partial charge < -0.3 is 0 Å². The number of aromatic nitrogens is 2. The quantitative estimate of drug-likeness (QED) is 0.657. The molecule has 0 fully saturated rings.